The number of hydrogen-bond donors (Lipinski definition) is 1. The zero-order chi connectivity index (χ0) is 15.4. The predicted molar refractivity (Wildman–Crippen MR) is 82.3 cm³/mol. The predicted octanol–water partition coefficient (Wildman–Crippen LogP) is 2.73. The summed E-state index contributed by atoms with van der Waals surface area (Å²) in [6.45, 7) is 5.32. The van der Waals surface area contributed by atoms with Crippen molar-refractivity contribution in [2.45, 2.75) is 32.5 Å². The third-order valence-electron chi connectivity index (χ3n) is 3.61. The third-order valence-corrected chi connectivity index (χ3v) is 3.61. The third kappa shape index (κ3) is 3.89. The molecule has 0 aliphatic rings. The highest BCUT2D eigenvalue weighted by atomic mass is 19.1. The molecule has 0 amide bonds. The Hall–Kier alpha value is -1.72. The Morgan fingerprint density at radius 3 is 2.71 bits per heavy atom. The van der Waals surface area contributed by atoms with Crippen molar-refractivity contribution in [3.63, 3.8) is 0 Å². The molecule has 1 unspecified atom stereocenters. The second-order valence-corrected chi connectivity index (χ2v) is 5.64. The molecule has 2 aromatic rings. The standard InChI is InChI=1S/C16H23FN4/c1-12(2)21-11-14(9-19-21)16(8-18)20(3)10-13-5-4-6-15(17)7-13/h4-7,9,11-12,16H,8,10,18H2,1-3H3. The van der Waals surface area contributed by atoms with E-state index in [9.17, 15) is 4.39 Å². The molecule has 0 saturated heterocycles. The van der Waals surface area contributed by atoms with Gasteiger partial charge < -0.3 is 5.73 Å². The Labute approximate surface area is 125 Å². The summed E-state index contributed by atoms with van der Waals surface area (Å²) in [6, 6.07) is 7.06. The fraction of sp³-hybridized carbons (Fsp3) is 0.438. The average molecular weight is 290 g/mol. The van der Waals surface area contributed by atoms with Gasteiger partial charge in [-0.05, 0) is 38.6 Å². The van der Waals surface area contributed by atoms with Crippen LogP contribution in [0.1, 0.15) is 37.1 Å². The minimum absolute atomic E-state index is 0.0702. The van der Waals surface area contributed by atoms with Crippen molar-refractivity contribution in [1.29, 1.82) is 0 Å². The van der Waals surface area contributed by atoms with Crippen LogP contribution in [0.2, 0.25) is 0 Å². The van der Waals surface area contributed by atoms with E-state index in [2.05, 4.69) is 23.8 Å². The van der Waals surface area contributed by atoms with E-state index in [0.29, 0.717) is 19.1 Å². The molecule has 21 heavy (non-hydrogen) atoms. The fourth-order valence-electron chi connectivity index (χ4n) is 2.41. The van der Waals surface area contributed by atoms with E-state index in [1.54, 1.807) is 12.1 Å². The smallest absolute Gasteiger partial charge is 0.123 e. The van der Waals surface area contributed by atoms with E-state index in [-0.39, 0.29) is 11.9 Å². The Bertz CT molecular complexity index is 579. The zero-order valence-corrected chi connectivity index (χ0v) is 12.8. The second kappa shape index (κ2) is 6.83. The van der Waals surface area contributed by atoms with Crippen molar-refractivity contribution in [3.8, 4) is 0 Å². The van der Waals surface area contributed by atoms with Gasteiger partial charge in [-0.2, -0.15) is 5.10 Å². The summed E-state index contributed by atoms with van der Waals surface area (Å²) < 4.78 is 15.2. The molecule has 2 rings (SSSR count). The van der Waals surface area contributed by atoms with Crippen molar-refractivity contribution in [3.05, 3.63) is 53.6 Å². The van der Waals surface area contributed by atoms with Gasteiger partial charge in [-0.25, -0.2) is 4.39 Å². The maximum atomic E-state index is 13.3. The van der Waals surface area contributed by atoms with E-state index in [4.69, 9.17) is 5.73 Å². The van der Waals surface area contributed by atoms with Gasteiger partial charge in [0.25, 0.3) is 0 Å². The van der Waals surface area contributed by atoms with Crippen LogP contribution in [0.15, 0.2) is 36.7 Å². The molecule has 0 aliphatic heterocycles. The lowest BCUT2D eigenvalue weighted by atomic mass is 10.1. The van der Waals surface area contributed by atoms with Gasteiger partial charge in [0.05, 0.1) is 12.2 Å². The van der Waals surface area contributed by atoms with Gasteiger partial charge in [-0.15, -0.1) is 0 Å². The van der Waals surface area contributed by atoms with E-state index in [1.165, 1.54) is 6.07 Å². The van der Waals surface area contributed by atoms with Crippen molar-refractivity contribution in [1.82, 2.24) is 14.7 Å². The molecule has 0 bridgehead atoms. The van der Waals surface area contributed by atoms with Crippen molar-refractivity contribution < 1.29 is 4.39 Å². The zero-order valence-electron chi connectivity index (χ0n) is 12.8. The van der Waals surface area contributed by atoms with Gasteiger partial charge in [0.1, 0.15) is 5.82 Å². The molecule has 1 aromatic heterocycles. The first-order valence-electron chi connectivity index (χ1n) is 7.20. The number of hydrogen-bond acceptors (Lipinski definition) is 3. The molecule has 0 fully saturated rings. The van der Waals surface area contributed by atoms with Crippen LogP contribution in [0, 0.1) is 5.82 Å². The SMILES string of the molecule is CC(C)n1cc(C(CN)N(C)Cc2cccc(F)c2)cn1. The van der Waals surface area contributed by atoms with E-state index < -0.39 is 0 Å². The Morgan fingerprint density at radius 1 is 1.38 bits per heavy atom. The van der Waals surface area contributed by atoms with Crippen LogP contribution >= 0.6 is 0 Å². The highest BCUT2D eigenvalue weighted by Crippen LogP contribution is 2.21. The topological polar surface area (TPSA) is 47.1 Å². The van der Waals surface area contributed by atoms with Gasteiger partial charge in [0.15, 0.2) is 0 Å². The van der Waals surface area contributed by atoms with Gasteiger partial charge in [0, 0.05) is 30.9 Å². The van der Waals surface area contributed by atoms with Crippen LogP contribution in [0.3, 0.4) is 0 Å². The molecular weight excluding hydrogens is 267 g/mol. The summed E-state index contributed by atoms with van der Waals surface area (Å²) in [7, 11) is 2.00. The number of benzene rings is 1. The monoisotopic (exact) mass is 290 g/mol. The number of nitrogens with two attached hydrogens (primary N) is 1. The number of halogens is 1. The minimum Gasteiger partial charge on any atom is -0.329 e. The molecule has 114 valence electrons. The molecule has 1 atom stereocenters. The van der Waals surface area contributed by atoms with Crippen LogP contribution in [0.4, 0.5) is 4.39 Å². The lowest BCUT2D eigenvalue weighted by molar-refractivity contribution is 0.241. The van der Waals surface area contributed by atoms with Crippen molar-refractivity contribution >= 4 is 0 Å². The molecule has 5 heteroatoms. The normalized spacial score (nSPS) is 13.1. The summed E-state index contributed by atoms with van der Waals surface area (Å²) >= 11 is 0. The van der Waals surface area contributed by atoms with Crippen LogP contribution in [0.5, 0.6) is 0 Å². The van der Waals surface area contributed by atoms with Crippen molar-refractivity contribution in [2.24, 2.45) is 5.73 Å². The van der Waals surface area contributed by atoms with Gasteiger partial charge in [-0.1, -0.05) is 12.1 Å². The molecule has 0 saturated carbocycles. The molecule has 1 heterocycles. The number of aromatic nitrogens is 2. The van der Waals surface area contributed by atoms with E-state index in [0.717, 1.165) is 11.1 Å². The quantitative estimate of drug-likeness (QED) is 0.890. The first-order chi connectivity index (χ1) is 10.0. The van der Waals surface area contributed by atoms with E-state index in [1.807, 2.05) is 30.2 Å². The van der Waals surface area contributed by atoms with Gasteiger partial charge in [0.2, 0.25) is 0 Å². The first-order valence-corrected chi connectivity index (χ1v) is 7.20. The summed E-state index contributed by atoms with van der Waals surface area (Å²) in [4.78, 5) is 2.12. The Kier molecular flexibility index (Phi) is 5.09. The Balaban J connectivity index is 2.12. The molecule has 4 nitrogen and oxygen atoms in total. The summed E-state index contributed by atoms with van der Waals surface area (Å²) in [5.74, 6) is -0.210. The Morgan fingerprint density at radius 2 is 2.14 bits per heavy atom. The largest absolute Gasteiger partial charge is 0.329 e. The lowest BCUT2D eigenvalue weighted by Gasteiger charge is -2.26. The molecular formula is C16H23FN4. The molecule has 0 radical (unpaired) electrons. The second-order valence-electron chi connectivity index (χ2n) is 5.64. The van der Waals surface area contributed by atoms with Crippen LogP contribution < -0.4 is 5.73 Å². The van der Waals surface area contributed by atoms with Crippen LogP contribution in [0.25, 0.3) is 0 Å². The molecule has 0 spiro atoms. The minimum atomic E-state index is -0.210. The first kappa shape index (κ1) is 15.7. The van der Waals surface area contributed by atoms with Crippen LogP contribution in [-0.2, 0) is 6.54 Å². The molecule has 1 aromatic carbocycles. The summed E-state index contributed by atoms with van der Waals surface area (Å²) in [6.07, 6.45) is 3.89. The summed E-state index contributed by atoms with van der Waals surface area (Å²) in [5.41, 5.74) is 7.95. The van der Waals surface area contributed by atoms with Crippen molar-refractivity contribution in [2.75, 3.05) is 13.6 Å². The van der Waals surface area contributed by atoms with Gasteiger partial charge >= 0.3 is 0 Å². The number of nitrogens with zero attached hydrogens (tertiary/aromatic N) is 3. The van der Waals surface area contributed by atoms with Gasteiger partial charge in [-0.3, -0.25) is 9.58 Å². The van der Waals surface area contributed by atoms with Crippen LogP contribution in [-0.4, -0.2) is 28.3 Å². The maximum absolute atomic E-state index is 13.3. The maximum Gasteiger partial charge on any atom is 0.123 e. The average Bonchev–Trinajstić information content (AvgIpc) is 2.89. The fourth-order valence-corrected chi connectivity index (χ4v) is 2.41. The number of rotatable bonds is 6. The molecule has 2 N–H and O–H groups in total. The molecule has 0 aliphatic carbocycles. The lowest BCUT2D eigenvalue weighted by Crippen LogP contribution is -2.30. The van der Waals surface area contributed by atoms with E-state index >= 15 is 0 Å². The number of likely N-dealkylation sites (N-methyl/N-ethyl adjacent to an activating group) is 1. The highest BCUT2D eigenvalue weighted by Gasteiger charge is 2.18. The summed E-state index contributed by atoms with van der Waals surface area (Å²) in [5, 5.41) is 4.36. The highest BCUT2D eigenvalue weighted by molar-refractivity contribution is 5.17.